The SMILES string of the molecule is CCO[Si](C)(CSC(S)CC[Si](OCC)(OCC)OCC)OCC. The standard InChI is InChI=1S/C15H36O5S2Si2/c1-7-16-23(6,17-8-2)14-22-15(21)12-13-24(18-9-3,19-10-4)20-11-5/h15,21H,7-14H2,1-6H3. The largest absolute Gasteiger partial charge is 0.500 e. The molecule has 0 spiro atoms. The third-order valence-electron chi connectivity index (χ3n) is 3.23. The van der Waals surface area contributed by atoms with E-state index < -0.39 is 17.4 Å². The molecule has 5 nitrogen and oxygen atoms in total. The van der Waals surface area contributed by atoms with Crippen LogP contribution in [-0.2, 0) is 22.1 Å². The van der Waals surface area contributed by atoms with Crippen molar-refractivity contribution in [1.29, 1.82) is 0 Å². The summed E-state index contributed by atoms with van der Waals surface area (Å²) >= 11 is 6.51. The maximum Gasteiger partial charge on any atom is 0.500 e. The molecule has 9 heteroatoms. The lowest BCUT2D eigenvalue weighted by molar-refractivity contribution is 0.0711. The molecule has 0 radical (unpaired) electrons. The molecule has 1 unspecified atom stereocenters. The van der Waals surface area contributed by atoms with E-state index in [4.69, 9.17) is 34.8 Å². The summed E-state index contributed by atoms with van der Waals surface area (Å²) in [6, 6.07) is 0.783. The Bertz CT molecular complexity index is 291. The molecule has 0 aromatic carbocycles. The molecule has 0 aliphatic carbocycles. The first-order chi connectivity index (χ1) is 11.4. The fourth-order valence-corrected chi connectivity index (χ4v) is 10.5. The summed E-state index contributed by atoms with van der Waals surface area (Å²) in [4.78, 5) is 0. The van der Waals surface area contributed by atoms with Gasteiger partial charge in [0, 0.05) is 49.0 Å². The zero-order chi connectivity index (χ0) is 18.5. The molecule has 0 saturated carbocycles. The van der Waals surface area contributed by atoms with E-state index in [0.29, 0.717) is 33.0 Å². The average Bonchev–Trinajstić information content (AvgIpc) is 2.52. The Morgan fingerprint density at radius 3 is 1.58 bits per heavy atom. The van der Waals surface area contributed by atoms with Crippen LogP contribution < -0.4 is 0 Å². The first-order valence-electron chi connectivity index (χ1n) is 8.90. The van der Waals surface area contributed by atoms with Gasteiger partial charge in [0.05, 0.1) is 0 Å². The number of hydrogen-bond donors (Lipinski definition) is 1. The van der Waals surface area contributed by atoms with Gasteiger partial charge in [0.25, 0.3) is 0 Å². The molecular formula is C15H36O5S2Si2. The van der Waals surface area contributed by atoms with E-state index in [1.807, 2.05) is 34.6 Å². The monoisotopic (exact) mass is 416 g/mol. The molecule has 0 rings (SSSR count). The second-order valence-corrected chi connectivity index (χ2v) is 13.9. The molecule has 0 aliphatic heterocycles. The molecule has 0 aromatic heterocycles. The van der Waals surface area contributed by atoms with Crippen LogP contribution in [0.1, 0.15) is 41.0 Å². The Morgan fingerprint density at radius 1 is 0.792 bits per heavy atom. The molecule has 0 fully saturated rings. The van der Waals surface area contributed by atoms with Crippen LogP contribution in [0.25, 0.3) is 0 Å². The second-order valence-electron chi connectivity index (χ2n) is 5.29. The number of thiol groups is 1. The lowest BCUT2D eigenvalue weighted by Crippen LogP contribution is -2.46. The van der Waals surface area contributed by atoms with Crippen molar-refractivity contribution in [3.8, 4) is 0 Å². The van der Waals surface area contributed by atoms with Crippen molar-refractivity contribution in [3.05, 3.63) is 0 Å². The summed E-state index contributed by atoms with van der Waals surface area (Å²) in [6.45, 7) is 15.3. The van der Waals surface area contributed by atoms with Crippen LogP contribution in [0.3, 0.4) is 0 Å². The van der Waals surface area contributed by atoms with Crippen LogP contribution in [0.15, 0.2) is 0 Å². The van der Waals surface area contributed by atoms with Crippen LogP contribution >= 0.6 is 24.4 Å². The minimum absolute atomic E-state index is 0.186. The highest BCUT2D eigenvalue weighted by molar-refractivity contribution is 8.11. The van der Waals surface area contributed by atoms with Gasteiger partial charge in [-0.05, 0) is 47.6 Å². The highest BCUT2D eigenvalue weighted by Crippen LogP contribution is 2.28. The Kier molecular flexibility index (Phi) is 14.6. The summed E-state index contributed by atoms with van der Waals surface area (Å²) in [5.41, 5.74) is 0. The van der Waals surface area contributed by atoms with Crippen LogP contribution in [0.2, 0.25) is 12.6 Å². The van der Waals surface area contributed by atoms with Crippen molar-refractivity contribution >= 4 is 41.8 Å². The van der Waals surface area contributed by atoms with Crippen molar-refractivity contribution in [2.24, 2.45) is 0 Å². The van der Waals surface area contributed by atoms with Crippen molar-refractivity contribution in [2.75, 3.05) is 38.4 Å². The maximum atomic E-state index is 5.89. The molecule has 146 valence electrons. The fraction of sp³-hybridized carbons (Fsp3) is 1.00. The van der Waals surface area contributed by atoms with Crippen molar-refractivity contribution in [3.63, 3.8) is 0 Å². The summed E-state index contributed by atoms with van der Waals surface area (Å²) < 4.78 is 29.6. The highest BCUT2D eigenvalue weighted by Gasteiger charge is 2.40. The Labute approximate surface area is 160 Å². The van der Waals surface area contributed by atoms with Crippen LogP contribution in [0, 0.1) is 0 Å². The minimum atomic E-state index is -2.58. The van der Waals surface area contributed by atoms with Gasteiger partial charge in [-0.2, -0.15) is 12.6 Å². The Morgan fingerprint density at radius 2 is 1.21 bits per heavy atom. The van der Waals surface area contributed by atoms with Gasteiger partial charge in [-0.1, -0.05) is 0 Å². The van der Waals surface area contributed by atoms with Gasteiger partial charge in [0.15, 0.2) is 0 Å². The summed E-state index contributed by atoms with van der Waals surface area (Å²) in [5.74, 6) is 0. The van der Waals surface area contributed by atoms with E-state index in [1.165, 1.54) is 0 Å². The van der Waals surface area contributed by atoms with E-state index in [9.17, 15) is 0 Å². The lowest BCUT2D eigenvalue weighted by atomic mass is 10.6. The van der Waals surface area contributed by atoms with Crippen LogP contribution in [0.4, 0.5) is 0 Å². The van der Waals surface area contributed by atoms with Gasteiger partial charge >= 0.3 is 17.4 Å². The zero-order valence-electron chi connectivity index (χ0n) is 16.1. The number of rotatable bonds is 16. The van der Waals surface area contributed by atoms with E-state index in [2.05, 4.69) is 6.55 Å². The van der Waals surface area contributed by atoms with Gasteiger partial charge in [-0.15, -0.1) is 11.8 Å². The van der Waals surface area contributed by atoms with Crippen LogP contribution in [-0.4, -0.2) is 60.4 Å². The predicted octanol–water partition coefficient (Wildman–Crippen LogP) is 4.10. The molecule has 0 N–H and O–H groups in total. The molecule has 24 heavy (non-hydrogen) atoms. The van der Waals surface area contributed by atoms with Crippen molar-refractivity contribution in [1.82, 2.24) is 0 Å². The molecule has 1 atom stereocenters. The summed E-state index contributed by atoms with van der Waals surface area (Å²) in [5, 5.41) is 0.870. The molecule has 0 heterocycles. The van der Waals surface area contributed by atoms with Gasteiger partial charge in [-0.25, -0.2) is 0 Å². The van der Waals surface area contributed by atoms with Crippen molar-refractivity contribution in [2.45, 2.75) is 58.2 Å². The van der Waals surface area contributed by atoms with E-state index in [1.54, 1.807) is 11.8 Å². The number of hydrogen-bond acceptors (Lipinski definition) is 7. The quantitative estimate of drug-likeness (QED) is 0.232. The molecule has 0 saturated heterocycles. The molecule has 0 aromatic rings. The van der Waals surface area contributed by atoms with Crippen molar-refractivity contribution < 1.29 is 22.1 Å². The highest BCUT2D eigenvalue weighted by atomic mass is 32.2. The Hall–Kier alpha value is 0.934. The summed E-state index contributed by atoms with van der Waals surface area (Å²) in [6.07, 6.45) is 0.878. The van der Waals surface area contributed by atoms with Gasteiger partial charge in [0.1, 0.15) is 0 Å². The normalized spacial score (nSPS) is 14.1. The smallest absolute Gasteiger partial charge is 0.394 e. The average molecular weight is 417 g/mol. The minimum Gasteiger partial charge on any atom is -0.394 e. The first-order valence-corrected chi connectivity index (χ1v) is 14.9. The zero-order valence-corrected chi connectivity index (χ0v) is 19.8. The topological polar surface area (TPSA) is 46.2 Å². The first kappa shape index (κ1) is 24.9. The van der Waals surface area contributed by atoms with E-state index in [0.717, 1.165) is 17.8 Å². The molecule has 0 amide bonds. The van der Waals surface area contributed by atoms with E-state index >= 15 is 0 Å². The summed E-state index contributed by atoms with van der Waals surface area (Å²) in [7, 11) is -4.68. The van der Waals surface area contributed by atoms with E-state index in [-0.39, 0.29) is 4.58 Å². The van der Waals surface area contributed by atoms with Crippen LogP contribution in [0.5, 0.6) is 0 Å². The number of thioether (sulfide) groups is 1. The van der Waals surface area contributed by atoms with Gasteiger partial charge in [0.2, 0.25) is 0 Å². The Balaban J connectivity index is 4.53. The van der Waals surface area contributed by atoms with Gasteiger partial charge in [-0.3, -0.25) is 0 Å². The molecule has 0 bridgehead atoms. The second kappa shape index (κ2) is 14.0. The van der Waals surface area contributed by atoms with Gasteiger partial charge < -0.3 is 22.1 Å². The fourth-order valence-electron chi connectivity index (χ4n) is 2.37. The third-order valence-corrected chi connectivity index (χ3v) is 12.2. The third kappa shape index (κ3) is 10.2. The maximum absolute atomic E-state index is 5.89. The molecular weight excluding hydrogens is 380 g/mol. The predicted molar refractivity (Wildman–Crippen MR) is 110 cm³/mol. The lowest BCUT2D eigenvalue weighted by Gasteiger charge is -2.30. The molecule has 0 aliphatic rings.